The predicted octanol–water partition coefficient (Wildman–Crippen LogP) is 2.30. The van der Waals surface area contributed by atoms with E-state index in [0.29, 0.717) is 5.92 Å². The molecule has 94 valence electrons. The van der Waals surface area contributed by atoms with Gasteiger partial charge in [0.1, 0.15) is 5.82 Å². The number of nitrogens with zero attached hydrogens (tertiary/aromatic N) is 1. The number of aryl methyl sites for hydroxylation is 1. The second-order valence-corrected chi connectivity index (χ2v) is 5.05. The molecule has 1 aromatic carbocycles. The normalized spacial score (nSPS) is 21.7. The maximum Gasteiger partial charge on any atom is 0.123 e. The first kappa shape index (κ1) is 12.5. The molecule has 0 radical (unpaired) electrons. The van der Waals surface area contributed by atoms with Gasteiger partial charge in [0.2, 0.25) is 0 Å². The summed E-state index contributed by atoms with van der Waals surface area (Å²) in [7, 11) is 0. The fourth-order valence-electron chi connectivity index (χ4n) is 2.56. The summed E-state index contributed by atoms with van der Waals surface area (Å²) < 4.78 is 13.0. The average molecular weight is 236 g/mol. The van der Waals surface area contributed by atoms with Gasteiger partial charge in [-0.15, -0.1) is 0 Å². The number of likely N-dealkylation sites (tertiary alicyclic amines) is 1. The Balaban J connectivity index is 2.00. The molecule has 1 fully saturated rings. The van der Waals surface area contributed by atoms with Crippen molar-refractivity contribution in [1.29, 1.82) is 0 Å². The van der Waals surface area contributed by atoms with Crippen LogP contribution in [0.15, 0.2) is 18.2 Å². The lowest BCUT2D eigenvalue weighted by Gasteiger charge is -2.32. The van der Waals surface area contributed by atoms with E-state index in [0.717, 1.165) is 31.7 Å². The van der Waals surface area contributed by atoms with Crippen LogP contribution in [-0.2, 0) is 6.54 Å². The smallest absolute Gasteiger partial charge is 0.123 e. The number of rotatable bonds is 3. The molecular formula is C14H21FN2. The molecule has 2 rings (SSSR count). The molecule has 0 aromatic heterocycles. The summed E-state index contributed by atoms with van der Waals surface area (Å²) in [5.41, 5.74) is 8.00. The molecule has 0 saturated carbocycles. The van der Waals surface area contributed by atoms with E-state index in [4.69, 9.17) is 5.73 Å². The van der Waals surface area contributed by atoms with Crippen LogP contribution in [0.2, 0.25) is 0 Å². The Labute approximate surface area is 103 Å². The van der Waals surface area contributed by atoms with Crippen molar-refractivity contribution in [1.82, 2.24) is 4.90 Å². The van der Waals surface area contributed by atoms with Gasteiger partial charge in [0.05, 0.1) is 0 Å². The number of hydrogen-bond acceptors (Lipinski definition) is 2. The first-order valence-corrected chi connectivity index (χ1v) is 6.36. The fraction of sp³-hybridized carbons (Fsp3) is 0.571. The van der Waals surface area contributed by atoms with Crippen LogP contribution in [0, 0.1) is 18.7 Å². The van der Waals surface area contributed by atoms with Crippen molar-refractivity contribution in [2.45, 2.75) is 26.3 Å². The number of benzene rings is 1. The molecular weight excluding hydrogens is 215 g/mol. The maximum atomic E-state index is 13.0. The fourth-order valence-corrected chi connectivity index (χ4v) is 2.56. The average Bonchev–Trinajstić information content (AvgIpc) is 2.33. The van der Waals surface area contributed by atoms with Crippen molar-refractivity contribution < 1.29 is 4.39 Å². The van der Waals surface area contributed by atoms with Gasteiger partial charge >= 0.3 is 0 Å². The quantitative estimate of drug-likeness (QED) is 0.872. The lowest BCUT2D eigenvalue weighted by molar-refractivity contribution is 0.170. The van der Waals surface area contributed by atoms with Gasteiger partial charge in [-0.2, -0.15) is 0 Å². The Morgan fingerprint density at radius 1 is 1.47 bits per heavy atom. The Morgan fingerprint density at radius 2 is 2.29 bits per heavy atom. The third-order valence-electron chi connectivity index (χ3n) is 3.64. The highest BCUT2D eigenvalue weighted by Crippen LogP contribution is 2.19. The zero-order chi connectivity index (χ0) is 12.3. The zero-order valence-electron chi connectivity index (χ0n) is 10.5. The minimum absolute atomic E-state index is 0.148. The number of halogens is 1. The van der Waals surface area contributed by atoms with Gasteiger partial charge in [-0.05, 0) is 62.0 Å². The van der Waals surface area contributed by atoms with Crippen molar-refractivity contribution >= 4 is 0 Å². The first-order valence-electron chi connectivity index (χ1n) is 6.36. The second kappa shape index (κ2) is 5.61. The highest BCUT2D eigenvalue weighted by molar-refractivity contribution is 5.26. The largest absolute Gasteiger partial charge is 0.330 e. The van der Waals surface area contributed by atoms with Crippen LogP contribution >= 0.6 is 0 Å². The SMILES string of the molecule is Cc1cc(F)ccc1CN1CCCC(CN)C1. The van der Waals surface area contributed by atoms with E-state index < -0.39 is 0 Å². The molecule has 0 amide bonds. The van der Waals surface area contributed by atoms with Crippen LogP contribution in [0.3, 0.4) is 0 Å². The van der Waals surface area contributed by atoms with Crippen LogP contribution < -0.4 is 5.73 Å². The summed E-state index contributed by atoms with van der Waals surface area (Å²) in [4.78, 5) is 2.43. The third-order valence-corrected chi connectivity index (χ3v) is 3.64. The molecule has 3 heteroatoms. The molecule has 2 nitrogen and oxygen atoms in total. The van der Waals surface area contributed by atoms with Crippen LogP contribution in [0.25, 0.3) is 0 Å². The van der Waals surface area contributed by atoms with Crippen molar-refractivity contribution in [3.8, 4) is 0 Å². The predicted molar refractivity (Wildman–Crippen MR) is 68.2 cm³/mol. The summed E-state index contributed by atoms with van der Waals surface area (Å²) in [5.74, 6) is 0.481. The summed E-state index contributed by atoms with van der Waals surface area (Å²) in [6.45, 7) is 5.88. The van der Waals surface area contributed by atoms with Crippen molar-refractivity contribution in [2.75, 3.05) is 19.6 Å². The Hall–Kier alpha value is -0.930. The summed E-state index contributed by atoms with van der Waals surface area (Å²) in [5, 5.41) is 0. The monoisotopic (exact) mass is 236 g/mol. The van der Waals surface area contributed by atoms with Crippen LogP contribution in [-0.4, -0.2) is 24.5 Å². The highest BCUT2D eigenvalue weighted by atomic mass is 19.1. The zero-order valence-corrected chi connectivity index (χ0v) is 10.5. The van der Waals surface area contributed by atoms with Gasteiger partial charge in [-0.25, -0.2) is 4.39 Å². The molecule has 1 unspecified atom stereocenters. The Kier molecular flexibility index (Phi) is 4.13. The molecule has 1 saturated heterocycles. The molecule has 1 aliphatic heterocycles. The van der Waals surface area contributed by atoms with E-state index in [-0.39, 0.29) is 5.82 Å². The van der Waals surface area contributed by atoms with Gasteiger partial charge < -0.3 is 5.73 Å². The van der Waals surface area contributed by atoms with Gasteiger partial charge in [0, 0.05) is 13.1 Å². The number of nitrogens with two attached hydrogens (primary N) is 1. The molecule has 1 atom stereocenters. The lowest BCUT2D eigenvalue weighted by Crippen LogP contribution is -2.37. The standard InChI is InChI=1S/C14H21FN2/c1-11-7-14(15)5-4-13(11)10-17-6-2-3-12(8-16)9-17/h4-5,7,12H,2-3,6,8-10,16H2,1H3. The molecule has 1 heterocycles. The van der Waals surface area contributed by atoms with Crippen LogP contribution in [0.4, 0.5) is 4.39 Å². The molecule has 2 N–H and O–H groups in total. The van der Waals surface area contributed by atoms with Gasteiger partial charge in [0.25, 0.3) is 0 Å². The van der Waals surface area contributed by atoms with Crippen LogP contribution in [0.5, 0.6) is 0 Å². The molecule has 17 heavy (non-hydrogen) atoms. The summed E-state index contributed by atoms with van der Waals surface area (Å²) in [6.07, 6.45) is 2.47. The third kappa shape index (κ3) is 3.27. The highest BCUT2D eigenvalue weighted by Gasteiger charge is 2.19. The topological polar surface area (TPSA) is 29.3 Å². The minimum atomic E-state index is -0.148. The molecule has 1 aliphatic rings. The molecule has 0 spiro atoms. The van der Waals surface area contributed by atoms with Gasteiger partial charge in [-0.3, -0.25) is 4.90 Å². The number of piperidine rings is 1. The van der Waals surface area contributed by atoms with E-state index in [1.807, 2.05) is 13.0 Å². The second-order valence-electron chi connectivity index (χ2n) is 5.05. The summed E-state index contributed by atoms with van der Waals surface area (Å²) in [6, 6.07) is 5.06. The molecule has 1 aromatic rings. The van der Waals surface area contributed by atoms with Crippen LogP contribution in [0.1, 0.15) is 24.0 Å². The minimum Gasteiger partial charge on any atom is -0.330 e. The Morgan fingerprint density at radius 3 is 3.00 bits per heavy atom. The Bertz CT molecular complexity index is 378. The van der Waals surface area contributed by atoms with Gasteiger partial charge in [-0.1, -0.05) is 6.07 Å². The van der Waals surface area contributed by atoms with Gasteiger partial charge in [0.15, 0.2) is 0 Å². The van der Waals surface area contributed by atoms with E-state index in [9.17, 15) is 4.39 Å². The van der Waals surface area contributed by atoms with Crippen molar-refractivity contribution in [2.24, 2.45) is 11.7 Å². The van der Waals surface area contributed by atoms with E-state index >= 15 is 0 Å². The van der Waals surface area contributed by atoms with E-state index in [1.54, 1.807) is 12.1 Å². The lowest BCUT2D eigenvalue weighted by atomic mass is 9.97. The van der Waals surface area contributed by atoms with E-state index in [1.165, 1.54) is 18.4 Å². The van der Waals surface area contributed by atoms with Crippen molar-refractivity contribution in [3.05, 3.63) is 35.1 Å². The van der Waals surface area contributed by atoms with Crippen molar-refractivity contribution in [3.63, 3.8) is 0 Å². The number of hydrogen-bond donors (Lipinski definition) is 1. The molecule has 0 aliphatic carbocycles. The summed E-state index contributed by atoms with van der Waals surface area (Å²) >= 11 is 0. The van der Waals surface area contributed by atoms with E-state index in [2.05, 4.69) is 4.90 Å². The molecule has 0 bridgehead atoms. The maximum absolute atomic E-state index is 13.0. The first-order chi connectivity index (χ1) is 8.19.